The number of rotatable bonds is 0. The van der Waals surface area contributed by atoms with Crippen LogP contribution in [0.25, 0.3) is 0 Å². The summed E-state index contributed by atoms with van der Waals surface area (Å²) in [5.74, 6) is 0. The molecule has 1 fully saturated rings. The van der Waals surface area contributed by atoms with Crippen molar-refractivity contribution in [1.29, 1.82) is 0 Å². The van der Waals surface area contributed by atoms with Gasteiger partial charge in [-0.2, -0.15) is 0 Å². The fraction of sp³-hybridized carbons (Fsp3) is 0.429. The third kappa shape index (κ3) is 0.646. The molecule has 0 bridgehead atoms. The van der Waals surface area contributed by atoms with Gasteiger partial charge in [0.2, 0.25) is 0 Å². The fourth-order valence-electron chi connectivity index (χ4n) is 1.08. The Morgan fingerprint density at radius 1 is 1.33 bits per heavy atom. The molecule has 0 radical (unpaired) electrons. The van der Waals surface area contributed by atoms with E-state index in [1.807, 2.05) is 18.2 Å². The first-order valence-corrected chi connectivity index (χ1v) is 5.29. The zero-order valence-electron chi connectivity index (χ0n) is 5.16. The third-order valence-electron chi connectivity index (χ3n) is 1.88. The third-order valence-corrected chi connectivity index (χ3v) is 6.28. The number of hydrogen-bond acceptors (Lipinski definition) is 1. The van der Waals surface area contributed by atoms with Gasteiger partial charge < -0.3 is 0 Å². The van der Waals surface area contributed by atoms with Crippen LogP contribution in [0.4, 0.5) is 0 Å². The molecule has 0 amide bonds. The maximum atomic E-state index is 9.63. The summed E-state index contributed by atoms with van der Waals surface area (Å²) in [6, 6.07) is 0. The minimum absolute atomic E-state index is 0.180. The van der Waals surface area contributed by atoms with E-state index in [9.17, 15) is 5.11 Å². The molecule has 0 aromatic rings. The molecule has 1 N–H and O–H groups in total. The number of aliphatic hydroxyl groups is 1. The summed E-state index contributed by atoms with van der Waals surface area (Å²) in [5.41, 5.74) is 0. The van der Waals surface area contributed by atoms with Crippen molar-refractivity contribution in [2.24, 2.45) is 0 Å². The van der Waals surface area contributed by atoms with E-state index in [1.165, 1.54) is 0 Å². The zero-order chi connectivity index (χ0) is 6.54. The van der Waals surface area contributed by atoms with Gasteiger partial charge in [-0.15, -0.1) is 0 Å². The van der Waals surface area contributed by atoms with Crippen LogP contribution in [0.1, 0.15) is 6.92 Å². The predicted molar refractivity (Wildman–Crippen MR) is 37.4 cm³/mol. The molecule has 2 unspecified atom stereocenters. The topological polar surface area (TPSA) is 20.2 Å². The van der Waals surface area contributed by atoms with Crippen molar-refractivity contribution >= 4 is 20.9 Å². The molecule has 2 atom stereocenters. The Morgan fingerprint density at radius 2 is 2.00 bits per heavy atom. The Balaban J connectivity index is 2.40. The van der Waals surface area contributed by atoms with Gasteiger partial charge in [-0.3, -0.25) is 0 Å². The molecule has 2 heteroatoms. The molecule has 1 aliphatic carbocycles. The number of allylic oxidation sites excluding steroid dienone is 2. The van der Waals surface area contributed by atoms with Gasteiger partial charge in [-0.1, -0.05) is 0 Å². The molecule has 48 valence electrons. The van der Waals surface area contributed by atoms with Crippen LogP contribution in [-0.2, 0) is 0 Å². The van der Waals surface area contributed by atoms with E-state index >= 15 is 0 Å². The van der Waals surface area contributed by atoms with Crippen molar-refractivity contribution in [3.8, 4) is 0 Å². The molecule has 1 heterocycles. The summed E-state index contributed by atoms with van der Waals surface area (Å²) in [6.07, 6.45) is 8.05. The van der Waals surface area contributed by atoms with Crippen molar-refractivity contribution in [3.63, 3.8) is 0 Å². The Hall–Kier alpha value is 0.230. The standard InChI is InChI=1S/C7H8OTe/c1-6-4-2-3-5-7(6,8)9-6/h2-5,8H,1H3. The van der Waals surface area contributed by atoms with Crippen LogP contribution in [0, 0.1) is 0 Å². The second kappa shape index (κ2) is 1.45. The molecule has 1 saturated heterocycles. The molecule has 0 spiro atoms. The number of fused-ring (bicyclic) bond motifs is 1. The van der Waals surface area contributed by atoms with E-state index < -0.39 is 0 Å². The van der Waals surface area contributed by atoms with Crippen LogP contribution < -0.4 is 0 Å². The predicted octanol–water partition coefficient (Wildman–Crippen LogP) is 0.697. The summed E-state index contributed by atoms with van der Waals surface area (Å²) in [5, 5.41) is 9.63. The van der Waals surface area contributed by atoms with E-state index in [1.54, 1.807) is 0 Å². The first-order chi connectivity index (χ1) is 4.16. The van der Waals surface area contributed by atoms with E-state index in [0.717, 1.165) is 0 Å². The van der Waals surface area contributed by atoms with Gasteiger partial charge in [0.15, 0.2) is 0 Å². The van der Waals surface area contributed by atoms with Gasteiger partial charge in [0.05, 0.1) is 0 Å². The average Bonchev–Trinajstić information content (AvgIpc) is 2.33. The summed E-state index contributed by atoms with van der Waals surface area (Å²) in [6.45, 7) is 2.13. The number of hydrogen-bond donors (Lipinski definition) is 1. The molecule has 1 aliphatic heterocycles. The van der Waals surface area contributed by atoms with E-state index in [4.69, 9.17) is 0 Å². The van der Waals surface area contributed by atoms with E-state index in [0.29, 0.717) is 0 Å². The van der Waals surface area contributed by atoms with Crippen LogP contribution >= 0.6 is 0 Å². The van der Waals surface area contributed by atoms with Crippen LogP contribution in [0.3, 0.4) is 0 Å². The van der Waals surface area contributed by atoms with Crippen LogP contribution in [-0.4, -0.2) is 29.7 Å². The van der Waals surface area contributed by atoms with Crippen LogP contribution in [0.5, 0.6) is 0 Å². The summed E-state index contributed by atoms with van der Waals surface area (Å²) >= 11 is -0.180. The van der Waals surface area contributed by atoms with Gasteiger partial charge in [0, 0.05) is 0 Å². The van der Waals surface area contributed by atoms with Crippen molar-refractivity contribution in [3.05, 3.63) is 24.3 Å². The molecule has 0 saturated carbocycles. The Labute approximate surface area is 64.5 Å². The molecule has 1 nitrogen and oxygen atoms in total. The summed E-state index contributed by atoms with van der Waals surface area (Å²) < 4.78 is -0.153. The maximum absolute atomic E-state index is 9.63. The van der Waals surface area contributed by atoms with Gasteiger partial charge >= 0.3 is 64.4 Å². The normalized spacial score (nSPS) is 53.1. The molecule has 0 aromatic heterocycles. The second-order valence-electron chi connectivity index (χ2n) is 2.62. The first-order valence-electron chi connectivity index (χ1n) is 2.96. The van der Waals surface area contributed by atoms with Gasteiger partial charge in [0.1, 0.15) is 0 Å². The SMILES string of the molecule is CC12C=CC=CC1(O)[Te]2. The molecule has 0 aromatic carbocycles. The van der Waals surface area contributed by atoms with Gasteiger partial charge in [0.25, 0.3) is 0 Å². The minimum atomic E-state index is -0.354. The quantitative estimate of drug-likeness (QED) is 0.613. The van der Waals surface area contributed by atoms with Crippen molar-refractivity contribution < 1.29 is 5.11 Å². The molecule has 2 aliphatic rings. The van der Waals surface area contributed by atoms with Crippen molar-refractivity contribution in [1.82, 2.24) is 0 Å². The van der Waals surface area contributed by atoms with E-state index in [-0.39, 0.29) is 28.0 Å². The molecular formula is C7H8OTe. The zero-order valence-corrected chi connectivity index (χ0v) is 7.50. The summed E-state index contributed by atoms with van der Waals surface area (Å²) in [7, 11) is 0. The van der Waals surface area contributed by atoms with Gasteiger partial charge in [-0.25, -0.2) is 0 Å². The molecule has 2 rings (SSSR count). The van der Waals surface area contributed by atoms with Gasteiger partial charge in [-0.05, 0) is 0 Å². The molecule has 9 heavy (non-hydrogen) atoms. The Kier molecular flexibility index (Phi) is 0.962. The first kappa shape index (κ1) is 5.97. The summed E-state index contributed by atoms with van der Waals surface area (Å²) in [4.78, 5) is 0. The van der Waals surface area contributed by atoms with E-state index in [2.05, 4.69) is 13.0 Å². The second-order valence-corrected chi connectivity index (χ2v) is 7.40. The monoisotopic (exact) mass is 238 g/mol. The van der Waals surface area contributed by atoms with Crippen LogP contribution in [0.2, 0.25) is 3.46 Å². The fourth-order valence-corrected chi connectivity index (χ4v) is 4.00. The molecular weight excluding hydrogens is 228 g/mol. The average molecular weight is 236 g/mol. The van der Waals surface area contributed by atoms with Crippen LogP contribution in [0.15, 0.2) is 24.3 Å². The van der Waals surface area contributed by atoms with Crippen molar-refractivity contribution in [2.45, 2.75) is 14.0 Å². The Bertz CT molecular complexity index is 187. The Morgan fingerprint density at radius 3 is 2.44 bits per heavy atom. The van der Waals surface area contributed by atoms with Crippen molar-refractivity contribution in [2.75, 3.05) is 0 Å².